The van der Waals surface area contributed by atoms with Crippen LogP contribution in [0.4, 0.5) is 0 Å². The first-order valence-corrected chi connectivity index (χ1v) is 8.89. The van der Waals surface area contributed by atoms with Crippen molar-refractivity contribution in [2.75, 3.05) is 20.1 Å². The van der Waals surface area contributed by atoms with Crippen LogP contribution in [-0.4, -0.2) is 46.8 Å². The molecule has 0 bridgehead atoms. The van der Waals surface area contributed by atoms with Crippen LogP contribution >= 0.6 is 11.6 Å². The number of rotatable bonds is 7. The number of nitrogens with one attached hydrogen (secondary N) is 1. The van der Waals surface area contributed by atoms with Gasteiger partial charge in [0.1, 0.15) is 0 Å². The van der Waals surface area contributed by atoms with Gasteiger partial charge < -0.3 is 19.9 Å². The van der Waals surface area contributed by atoms with Gasteiger partial charge in [0.15, 0.2) is 5.96 Å². The lowest BCUT2D eigenvalue weighted by molar-refractivity contribution is 0.183. The standard InChI is InChI=1S/C19H27ClN4O/c1-4-21-19(24(3)14-17-11-16(20)13-23(17)2)22-12-18(25)10-15-8-6-5-7-9-15/h5-9,11,13,18,25H,4,10,12,14H2,1-3H3,(H,21,22). The van der Waals surface area contributed by atoms with Gasteiger partial charge in [-0.2, -0.15) is 0 Å². The van der Waals surface area contributed by atoms with Crippen LogP contribution < -0.4 is 5.32 Å². The molecule has 0 spiro atoms. The summed E-state index contributed by atoms with van der Waals surface area (Å²) in [6.45, 7) is 3.84. The van der Waals surface area contributed by atoms with E-state index in [9.17, 15) is 5.11 Å². The minimum absolute atomic E-state index is 0.357. The molecule has 2 aromatic rings. The summed E-state index contributed by atoms with van der Waals surface area (Å²) in [5, 5.41) is 14.3. The van der Waals surface area contributed by atoms with Crippen LogP contribution in [0.5, 0.6) is 0 Å². The number of aromatic nitrogens is 1. The number of aliphatic hydroxyl groups is 1. The minimum atomic E-state index is -0.506. The molecule has 0 amide bonds. The van der Waals surface area contributed by atoms with E-state index in [0.29, 0.717) is 19.5 Å². The number of aryl methyl sites for hydroxylation is 1. The van der Waals surface area contributed by atoms with Crippen LogP contribution in [0.2, 0.25) is 5.02 Å². The van der Waals surface area contributed by atoms with Crippen LogP contribution in [0, 0.1) is 0 Å². The molecular formula is C19H27ClN4O. The predicted octanol–water partition coefficient (Wildman–Crippen LogP) is 2.68. The van der Waals surface area contributed by atoms with Gasteiger partial charge in [0.25, 0.3) is 0 Å². The van der Waals surface area contributed by atoms with E-state index in [4.69, 9.17) is 11.6 Å². The molecule has 5 nitrogen and oxygen atoms in total. The molecule has 0 aliphatic rings. The molecular weight excluding hydrogens is 336 g/mol. The van der Waals surface area contributed by atoms with Gasteiger partial charge in [-0.3, -0.25) is 4.99 Å². The molecule has 1 atom stereocenters. The topological polar surface area (TPSA) is 52.8 Å². The molecule has 0 fully saturated rings. The fourth-order valence-corrected chi connectivity index (χ4v) is 2.93. The van der Waals surface area contributed by atoms with Crippen molar-refractivity contribution in [2.45, 2.75) is 26.0 Å². The quantitative estimate of drug-likeness (QED) is 0.588. The smallest absolute Gasteiger partial charge is 0.194 e. The highest BCUT2D eigenvalue weighted by Crippen LogP contribution is 2.14. The van der Waals surface area contributed by atoms with Gasteiger partial charge in [-0.1, -0.05) is 41.9 Å². The second-order valence-corrected chi connectivity index (χ2v) is 6.59. The van der Waals surface area contributed by atoms with Crippen molar-refractivity contribution in [1.29, 1.82) is 0 Å². The Morgan fingerprint density at radius 3 is 2.68 bits per heavy atom. The number of halogens is 1. The zero-order valence-corrected chi connectivity index (χ0v) is 15.9. The Balaban J connectivity index is 1.97. The van der Waals surface area contributed by atoms with Crippen molar-refractivity contribution in [2.24, 2.45) is 12.0 Å². The Bertz CT molecular complexity index is 684. The third-order valence-electron chi connectivity index (χ3n) is 3.94. The second-order valence-electron chi connectivity index (χ2n) is 6.15. The lowest BCUT2D eigenvalue weighted by Gasteiger charge is -2.22. The van der Waals surface area contributed by atoms with E-state index < -0.39 is 6.10 Å². The third kappa shape index (κ3) is 6.11. The highest BCUT2D eigenvalue weighted by atomic mass is 35.5. The van der Waals surface area contributed by atoms with E-state index in [1.54, 1.807) is 0 Å². The third-order valence-corrected chi connectivity index (χ3v) is 4.14. The fraction of sp³-hybridized carbons (Fsp3) is 0.421. The molecule has 1 aromatic carbocycles. The summed E-state index contributed by atoms with van der Waals surface area (Å²) in [5.41, 5.74) is 2.21. The highest BCUT2D eigenvalue weighted by molar-refractivity contribution is 6.30. The fourth-order valence-electron chi connectivity index (χ4n) is 2.65. The molecule has 0 aliphatic heterocycles. The van der Waals surface area contributed by atoms with Crippen LogP contribution in [-0.2, 0) is 20.0 Å². The Labute approximate surface area is 154 Å². The van der Waals surface area contributed by atoms with Gasteiger partial charge in [0.05, 0.1) is 24.2 Å². The van der Waals surface area contributed by atoms with Gasteiger partial charge in [0, 0.05) is 39.0 Å². The molecule has 0 radical (unpaired) electrons. The van der Waals surface area contributed by atoms with E-state index in [-0.39, 0.29) is 0 Å². The summed E-state index contributed by atoms with van der Waals surface area (Å²) in [6, 6.07) is 11.9. The number of guanidine groups is 1. The van der Waals surface area contributed by atoms with E-state index in [2.05, 4.69) is 10.3 Å². The number of benzene rings is 1. The van der Waals surface area contributed by atoms with Crippen molar-refractivity contribution >= 4 is 17.6 Å². The molecule has 2 N–H and O–H groups in total. The van der Waals surface area contributed by atoms with Crippen LogP contribution in [0.25, 0.3) is 0 Å². The number of hydrogen-bond donors (Lipinski definition) is 2. The van der Waals surface area contributed by atoms with E-state index >= 15 is 0 Å². The van der Waals surface area contributed by atoms with Crippen molar-refractivity contribution in [3.8, 4) is 0 Å². The maximum atomic E-state index is 10.3. The predicted molar refractivity (Wildman–Crippen MR) is 104 cm³/mol. The molecule has 25 heavy (non-hydrogen) atoms. The Morgan fingerprint density at radius 1 is 1.36 bits per heavy atom. The van der Waals surface area contributed by atoms with Crippen molar-refractivity contribution in [3.05, 3.63) is 58.9 Å². The maximum absolute atomic E-state index is 10.3. The van der Waals surface area contributed by atoms with E-state index in [1.165, 1.54) is 0 Å². The van der Waals surface area contributed by atoms with Crippen molar-refractivity contribution in [1.82, 2.24) is 14.8 Å². The number of nitrogens with zero attached hydrogens (tertiary/aromatic N) is 3. The number of aliphatic imine (C=N–C) groups is 1. The second kappa shape index (κ2) is 9.49. The van der Waals surface area contributed by atoms with Crippen LogP contribution in [0.3, 0.4) is 0 Å². The first-order chi connectivity index (χ1) is 12.0. The summed E-state index contributed by atoms with van der Waals surface area (Å²) in [7, 11) is 3.95. The SMILES string of the molecule is CCNC(=NCC(O)Cc1ccccc1)N(C)Cc1cc(Cl)cn1C. The average molecular weight is 363 g/mol. The van der Waals surface area contributed by atoms with E-state index in [1.807, 2.05) is 73.1 Å². The summed E-state index contributed by atoms with van der Waals surface area (Å²) < 4.78 is 2.01. The highest BCUT2D eigenvalue weighted by Gasteiger charge is 2.11. The van der Waals surface area contributed by atoms with Crippen molar-refractivity contribution < 1.29 is 5.11 Å². The molecule has 1 unspecified atom stereocenters. The monoisotopic (exact) mass is 362 g/mol. The normalized spacial score (nSPS) is 12.9. The van der Waals surface area contributed by atoms with Crippen molar-refractivity contribution in [3.63, 3.8) is 0 Å². The molecule has 0 aliphatic carbocycles. The molecule has 2 rings (SSSR count). The lowest BCUT2D eigenvalue weighted by atomic mass is 10.1. The Hall–Kier alpha value is -1.98. The Morgan fingerprint density at radius 2 is 2.08 bits per heavy atom. The maximum Gasteiger partial charge on any atom is 0.194 e. The first-order valence-electron chi connectivity index (χ1n) is 8.51. The minimum Gasteiger partial charge on any atom is -0.391 e. The molecule has 1 heterocycles. The van der Waals surface area contributed by atoms with E-state index in [0.717, 1.165) is 28.8 Å². The molecule has 136 valence electrons. The molecule has 1 aromatic heterocycles. The van der Waals surface area contributed by atoms with Crippen LogP contribution in [0.1, 0.15) is 18.2 Å². The zero-order chi connectivity index (χ0) is 18.2. The summed E-state index contributed by atoms with van der Waals surface area (Å²) in [5.74, 6) is 0.770. The molecule has 0 saturated carbocycles. The number of hydrogen-bond acceptors (Lipinski definition) is 2. The van der Waals surface area contributed by atoms with Gasteiger partial charge in [0.2, 0.25) is 0 Å². The first kappa shape index (κ1) is 19.3. The summed E-state index contributed by atoms with van der Waals surface area (Å²) >= 11 is 6.05. The molecule has 6 heteroatoms. The average Bonchev–Trinajstić information content (AvgIpc) is 2.89. The zero-order valence-electron chi connectivity index (χ0n) is 15.1. The lowest BCUT2D eigenvalue weighted by Crippen LogP contribution is -2.39. The van der Waals surface area contributed by atoms with Gasteiger partial charge in [-0.15, -0.1) is 0 Å². The van der Waals surface area contributed by atoms with Gasteiger partial charge in [-0.25, -0.2) is 0 Å². The molecule has 0 saturated heterocycles. The number of aliphatic hydroxyl groups excluding tert-OH is 1. The van der Waals surface area contributed by atoms with Crippen LogP contribution in [0.15, 0.2) is 47.6 Å². The Kier molecular flexibility index (Phi) is 7.34. The van der Waals surface area contributed by atoms with Gasteiger partial charge >= 0.3 is 0 Å². The summed E-state index contributed by atoms with van der Waals surface area (Å²) in [6.07, 6.45) is 1.98. The van der Waals surface area contributed by atoms with Gasteiger partial charge in [-0.05, 0) is 18.6 Å². The largest absolute Gasteiger partial charge is 0.391 e. The summed E-state index contributed by atoms with van der Waals surface area (Å²) in [4.78, 5) is 6.61.